The molecule has 1 amide bonds. The summed E-state index contributed by atoms with van der Waals surface area (Å²) in [5.74, 6) is 0.999. The van der Waals surface area contributed by atoms with E-state index in [9.17, 15) is 9.59 Å². The van der Waals surface area contributed by atoms with Crippen LogP contribution in [0, 0.1) is 12.8 Å². The third-order valence-electron chi connectivity index (χ3n) is 7.03. The van der Waals surface area contributed by atoms with Crippen LogP contribution in [0.4, 0.5) is 0 Å². The van der Waals surface area contributed by atoms with Crippen LogP contribution in [-0.4, -0.2) is 43.1 Å². The van der Waals surface area contributed by atoms with E-state index in [0.29, 0.717) is 18.6 Å². The van der Waals surface area contributed by atoms with Crippen LogP contribution in [0.5, 0.6) is 0 Å². The van der Waals surface area contributed by atoms with E-state index in [1.165, 1.54) is 38.5 Å². The molecule has 0 radical (unpaired) electrons. The summed E-state index contributed by atoms with van der Waals surface area (Å²) in [4.78, 5) is 25.9. The highest BCUT2D eigenvalue weighted by Crippen LogP contribution is 2.29. The van der Waals surface area contributed by atoms with Gasteiger partial charge < -0.3 is 15.4 Å². The number of hydrogen-bond donors (Lipinski definition) is 2. The minimum atomic E-state index is -0.657. The summed E-state index contributed by atoms with van der Waals surface area (Å²) in [5.41, 5.74) is 4.76. The molecule has 0 heterocycles. The summed E-state index contributed by atoms with van der Waals surface area (Å²) in [6.45, 7) is 5.92. The SMILES string of the molecule is CCOC(=O)[C@H](CCSC)NC(=O)c1ccc(CNCCC2CCCCC2)cc1-c1ccccc1C. The third-order valence-corrected chi connectivity index (χ3v) is 7.68. The van der Waals surface area contributed by atoms with Gasteiger partial charge in [0.15, 0.2) is 0 Å². The fourth-order valence-electron chi connectivity index (χ4n) is 4.98. The number of ether oxygens (including phenoxy) is 1. The second kappa shape index (κ2) is 15.1. The van der Waals surface area contributed by atoms with E-state index in [2.05, 4.69) is 35.8 Å². The Morgan fingerprint density at radius 2 is 1.86 bits per heavy atom. The topological polar surface area (TPSA) is 67.4 Å². The fraction of sp³-hybridized carbons (Fsp3) is 0.533. The molecular formula is C30H42N2O3S. The molecule has 0 unspecified atom stereocenters. The van der Waals surface area contributed by atoms with Crippen LogP contribution in [0.3, 0.4) is 0 Å². The van der Waals surface area contributed by atoms with Gasteiger partial charge in [-0.25, -0.2) is 4.79 Å². The second-order valence-electron chi connectivity index (χ2n) is 9.72. The predicted octanol–water partition coefficient (Wildman–Crippen LogP) is 6.14. The van der Waals surface area contributed by atoms with E-state index in [4.69, 9.17) is 4.74 Å². The van der Waals surface area contributed by atoms with Crippen molar-refractivity contribution in [1.82, 2.24) is 10.6 Å². The van der Waals surface area contributed by atoms with Crippen LogP contribution in [0.1, 0.15) is 73.4 Å². The number of benzene rings is 2. The summed E-state index contributed by atoms with van der Waals surface area (Å²) in [5, 5.41) is 6.56. The van der Waals surface area contributed by atoms with Crippen LogP contribution in [0.15, 0.2) is 42.5 Å². The summed E-state index contributed by atoms with van der Waals surface area (Å²) < 4.78 is 5.22. The Balaban J connectivity index is 1.76. The molecule has 1 aliphatic rings. The molecule has 0 aromatic heterocycles. The standard InChI is InChI=1S/C30H42N2O3S/c1-4-35-30(34)28(17-19-36-3)32-29(33)26-15-14-24(20-27(26)25-13-9-8-10-22(25)2)21-31-18-16-23-11-6-5-7-12-23/h8-10,13-15,20,23,28,31H,4-7,11-12,16-19,21H2,1-3H3,(H,32,33)/t28-/m0/s1. The molecule has 3 rings (SSSR count). The highest BCUT2D eigenvalue weighted by Gasteiger charge is 2.24. The van der Waals surface area contributed by atoms with Crippen LogP contribution >= 0.6 is 11.8 Å². The van der Waals surface area contributed by atoms with Crippen LogP contribution in [-0.2, 0) is 16.1 Å². The number of esters is 1. The molecule has 2 aromatic carbocycles. The van der Waals surface area contributed by atoms with Gasteiger partial charge in [0.25, 0.3) is 5.91 Å². The summed E-state index contributed by atoms with van der Waals surface area (Å²) in [6, 6.07) is 13.5. The molecule has 1 saturated carbocycles. The maximum Gasteiger partial charge on any atom is 0.328 e. The highest BCUT2D eigenvalue weighted by atomic mass is 32.2. The van der Waals surface area contributed by atoms with Crippen molar-refractivity contribution in [3.8, 4) is 11.1 Å². The molecule has 2 N–H and O–H groups in total. The summed E-state index contributed by atoms with van der Waals surface area (Å²) >= 11 is 1.64. The predicted molar refractivity (Wildman–Crippen MR) is 150 cm³/mol. The Morgan fingerprint density at radius 1 is 1.08 bits per heavy atom. The smallest absolute Gasteiger partial charge is 0.328 e. The number of amides is 1. The number of aryl methyl sites for hydroxylation is 1. The van der Waals surface area contributed by atoms with Gasteiger partial charge in [-0.15, -0.1) is 0 Å². The first-order chi connectivity index (χ1) is 17.5. The van der Waals surface area contributed by atoms with E-state index in [-0.39, 0.29) is 11.9 Å². The van der Waals surface area contributed by atoms with Crippen molar-refractivity contribution in [3.63, 3.8) is 0 Å². The zero-order valence-corrected chi connectivity index (χ0v) is 22.9. The molecule has 0 bridgehead atoms. The first-order valence-corrected chi connectivity index (χ1v) is 14.8. The number of carbonyl (C=O) groups is 2. The number of thioether (sulfide) groups is 1. The van der Waals surface area contributed by atoms with Gasteiger partial charge in [-0.05, 0) is 85.5 Å². The quantitative estimate of drug-likeness (QED) is 0.250. The van der Waals surface area contributed by atoms with E-state index < -0.39 is 6.04 Å². The molecule has 1 aliphatic carbocycles. The van der Waals surface area contributed by atoms with Crippen molar-refractivity contribution in [2.75, 3.05) is 25.2 Å². The highest BCUT2D eigenvalue weighted by molar-refractivity contribution is 7.98. The molecule has 1 fully saturated rings. The minimum absolute atomic E-state index is 0.246. The monoisotopic (exact) mass is 510 g/mol. The number of carbonyl (C=O) groups excluding carboxylic acids is 2. The zero-order valence-electron chi connectivity index (χ0n) is 22.1. The lowest BCUT2D eigenvalue weighted by molar-refractivity contribution is -0.145. The summed E-state index contributed by atoms with van der Waals surface area (Å²) in [6.07, 6.45) is 10.6. The molecule has 196 valence electrons. The lowest BCUT2D eigenvalue weighted by Crippen LogP contribution is -2.42. The molecule has 6 heteroatoms. The average Bonchev–Trinajstić information content (AvgIpc) is 2.90. The molecule has 0 aliphatic heterocycles. The summed E-state index contributed by atoms with van der Waals surface area (Å²) in [7, 11) is 0. The van der Waals surface area contributed by atoms with Crippen LogP contribution < -0.4 is 10.6 Å². The third kappa shape index (κ3) is 8.38. The first kappa shape index (κ1) is 28.3. The maximum absolute atomic E-state index is 13.4. The number of hydrogen-bond acceptors (Lipinski definition) is 5. The van der Waals surface area contributed by atoms with E-state index in [1.54, 1.807) is 18.7 Å². The molecule has 0 spiro atoms. The molecule has 0 saturated heterocycles. The van der Waals surface area contributed by atoms with Crippen molar-refractivity contribution in [1.29, 1.82) is 0 Å². The van der Waals surface area contributed by atoms with Gasteiger partial charge in [-0.2, -0.15) is 11.8 Å². The second-order valence-corrected chi connectivity index (χ2v) is 10.7. The Bertz CT molecular complexity index is 988. The maximum atomic E-state index is 13.4. The number of nitrogens with one attached hydrogen (secondary N) is 2. The van der Waals surface area contributed by atoms with Crippen LogP contribution in [0.25, 0.3) is 11.1 Å². The van der Waals surface area contributed by atoms with Gasteiger partial charge in [0.05, 0.1) is 6.61 Å². The zero-order chi connectivity index (χ0) is 25.8. The van der Waals surface area contributed by atoms with Crippen molar-refractivity contribution in [3.05, 3.63) is 59.2 Å². The lowest BCUT2D eigenvalue weighted by Gasteiger charge is -2.21. The molecule has 36 heavy (non-hydrogen) atoms. The molecular weight excluding hydrogens is 468 g/mol. The molecule has 1 atom stereocenters. The average molecular weight is 511 g/mol. The Hall–Kier alpha value is -2.31. The van der Waals surface area contributed by atoms with Crippen LogP contribution in [0.2, 0.25) is 0 Å². The van der Waals surface area contributed by atoms with E-state index >= 15 is 0 Å². The Kier molecular flexibility index (Phi) is 11.8. The van der Waals surface area contributed by atoms with Gasteiger partial charge in [0.2, 0.25) is 0 Å². The van der Waals surface area contributed by atoms with Gasteiger partial charge in [0.1, 0.15) is 6.04 Å². The van der Waals surface area contributed by atoms with E-state index in [1.807, 2.05) is 30.5 Å². The van der Waals surface area contributed by atoms with Crippen molar-refractivity contribution in [2.45, 2.75) is 71.4 Å². The van der Waals surface area contributed by atoms with Gasteiger partial charge in [-0.1, -0.05) is 62.4 Å². The normalized spacial score (nSPS) is 14.9. The van der Waals surface area contributed by atoms with Gasteiger partial charge in [-0.3, -0.25) is 4.79 Å². The number of rotatable bonds is 13. The van der Waals surface area contributed by atoms with Gasteiger partial charge in [0, 0.05) is 12.1 Å². The molecule has 2 aromatic rings. The minimum Gasteiger partial charge on any atom is -0.464 e. The Labute approximate surface area is 221 Å². The van der Waals surface area contributed by atoms with Crippen molar-refractivity contribution < 1.29 is 14.3 Å². The van der Waals surface area contributed by atoms with Crippen molar-refractivity contribution >= 4 is 23.6 Å². The van der Waals surface area contributed by atoms with Crippen molar-refractivity contribution in [2.24, 2.45) is 5.92 Å². The first-order valence-electron chi connectivity index (χ1n) is 13.4. The lowest BCUT2D eigenvalue weighted by atomic mass is 9.87. The largest absolute Gasteiger partial charge is 0.464 e. The fourth-order valence-corrected chi connectivity index (χ4v) is 5.45. The molecule has 5 nitrogen and oxygen atoms in total. The Morgan fingerprint density at radius 3 is 2.58 bits per heavy atom. The van der Waals surface area contributed by atoms with E-state index in [0.717, 1.165) is 47.0 Å². The van der Waals surface area contributed by atoms with Gasteiger partial charge >= 0.3 is 5.97 Å².